The predicted octanol–water partition coefficient (Wildman–Crippen LogP) is 2.61. The van der Waals surface area contributed by atoms with Gasteiger partial charge in [0.1, 0.15) is 0 Å². The topological polar surface area (TPSA) is 89.0 Å². The Labute approximate surface area is 168 Å². The minimum Gasteiger partial charge on any atom is -0.409 e. The molecule has 0 bridgehead atoms. The van der Waals surface area contributed by atoms with Gasteiger partial charge in [-0.25, -0.2) is 27.0 Å². The Bertz CT molecular complexity index is 878. The highest BCUT2D eigenvalue weighted by atomic mass is 32.2. The Kier molecular flexibility index (Phi) is 6.09. The number of nitrogens with zero attached hydrogens (tertiary/aromatic N) is 3. The molecule has 0 spiro atoms. The van der Waals surface area contributed by atoms with Gasteiger partial charge in [-0.2, -0.15) is 4.31 Å². The number of hydrogen-bond donors (Lipinski definition) is 0. The van der Waals surface area contributed by atoms with Gasteiger partial charge in [0.2, 0.25) is 15.9 Å². The quantitative estimate of drug-likeness (QED) is 0.646. The van der Waals surface area contributed by atoms with E-state index in [1.54, 1.807) is 0 Å². The van der Waals surface area contributed by atoms with Crippen LogP contribution in [0.4, 0.5) is 26.7 Å². The third-order valence-electron chi connectivity index (χ3n) is 4.58. The average molecular weight is 459 g/mol. The Morgan fingerprint density at radius 1 is 1.23 bits per heavy atom. The van der Waals surface area contributed by atoms with Crippen molar-refractivity contribution in [3.8, 4) is 11.6 Å². The second-order valence-electron chi connectivity index (χ2n) is 6.98. The molecule has 0 saturated carbocycles. The fourth-order valence-corrected chi connectivity index (χ4v) is 5.20. The summed E-state index contributed by atoms with van der Waals surface area (Å²) < 4.78 is 98.8. The first-order chi connectivity index (χ1) is 13.8. The molecule has 1 atom stereocenters. The predicted molar refractivity (Wildman–Crippen MR) is 91.6 cm³/mol. The number of ether oxygens (including phenoxy) is 2. The molecule has 1 unspecified atom stereocenters. The summed E-state index contributed by atoms with van der Waals surface area (Å²) in [5.74, 6) is -4.55. The lowest BCUT2D eigenvalue weighted by Gasteiger charge is -2.42. The first-order valence-corrected chi connectivity index (χ1v) is 10.5. The number of piperidine rings is 1. The number of carbonyl (C=O) groups is 1. The molecule has 3 heterocycles. The fourth-order valence-electron chi connectivity index (χ4n) is 3.39. The van der Waals surface area contributed by atoms with Gasteiger partial charge in [-0.05, 0) is 18.9 Å². The molecule has 2 fully saturated rings. The van der Waals surface area contributed by atoms with Gasteiger partial charge < -0.3 is 14.4 Å². The summed E-state index contributed by atoms with van der Waals surface area (Å²) in [7, 11) is -3.70. The molecule has 1 amide bonds. The number of carbonyl (C=O) groups excluding carboxylic acids is 1. The molecule has 0 aromatic carbocycles. The van der Waals surface area contributed by atoms with Crippen molar-refractivity contribution in [2.24, 2.45) is 0 Å². The van der Waals surface area contributed by atoms with Crippen LogP contribution >= 0.6 is 0 Å². The van der Waals surface area contributed by atoms with Crippen molar-refractivity contribution in [3.63, 3.8) is 0 Å². The van der Waals surface area contributed by atoms with Gasteiger partial charge in [0.15, 0.2) is 5.75 Å². The van der Waals surface area contributed by atoms with Gasteiger partial charge in [0.05, 0.1) is 18.5 Å². The highest BCUT2D eigenvalue weighted by Crippen LogP contribution is 2.32. The van der Waals surface area contributed by atoms with Crippen LogP contribution in [0.1, 0.15) is 19.3 Å². The molecular weight excluding hydrogens is 441 g/mol. The zero-order valence-electron chi connectivity index (χ0n) is 15.4. The Balaban J connectivity index is 1.69. The minimum absolute atomic E-state index is 0.0938. The molecule has 2 aliphatic rings. The summed E-state index contributed by atoms with van der Waals surface area (Å²) in [6, 6.07) is 0.650. The first kappa shape index (κ1) is 22.5. The van der Waals surface area contributed by atoms with E-state index < -0.39 is 53.3 Å². The van der Waals surface area contributed by atoms with Gasteiger partial charge in [0.25, 0.3) is 5.92 Å². The molecular formula is C16H18F5N3O5S. The maximum atomic E-state index is 14.2. The van der Waals surface area contributed by atoms with Crippen molar-refractivity contribution in [2.45, 2.75) is 37.6 Å². The molecule has 1 aromatic rings. The van der Waals surface area contributed by atoms with Crippen molar-refractivity contribution in [2.75, 3.05) is 25.4 Å². The van der Waals surface area contributed by atoms with Gasteiger partial charge in [-0.3, -0.25) is 0 Å². The summed E-state index contributed by atoms with van der Waals surface area (Å²) >= 11 is 0. The summed E-state index contributed by atoms with van der Waals surface area (Å²) in [4.78, 5) is 16.3. The smallest absolute Gasteiger partial charge is 0.409 e. The Hall–Kier alpha value is -2.22. The van der Waals surface area contributed by atoms with E-state index in [2.05, 4.69) is 9.72 Å². The number of alkyl halides is 5. The number of halogens is 5. The van der Waals surface area contributed by atoms with Crippen LogP contribution in [0, 0.1) is 0 Å². The normalized spacial score (nSPS) is 24.3. The first-order valence-electron chi connectivity index (χ1n) is 8.91. The zero-order chi connectivity index (χ0) is 22.2. The standard InChI is InChI=1S/C16H18F5N3O5S/c17-15(18)7-11(24-5-1-2-6-30(24,26)27)9-23(10-15)14(25)28-12-3-4-13(22-8-12)29-16(19,20)21/h3-4,8,11H,1-2,5-7,9-10H2. The van der Waals surface area contributed by atoms with Crippen molar-refractivity contribution in [1.29, 1.82) is 0 Å². The van der Waals surface area contributed by atoms with E-state index in [0.29, 0.717) is 17.7 Å². The number of rotatable bonds is 3. The summed E-state index contributed by atoms with van der Waals surface area (Å²) in [6.07, 6.45) is -5.12. The van der Waals surface area contributed by atoms with Crippen LogP contribution in [0.2, 0.25) is 0 Å². The average Bonchev–Trinajstić information content (AvgIpc) is 2.60. The minimum atomic E-state index is -4.95. The fraction of sp³-hybridized carbons (Fsp3) is 0.625. The van der Waals surface area contributed by atoms with Crippen molar-refractivity contribution >= 4 is 16.1 Å². The van der Waals surface area contributed by atoms with Crippen LogP contribution in [0.5, 0.6) is 11.6 Å². The lowest BCUT2D eigenvalue weighted by Crippen LogP contribution is -2.59. The summed E-state index contributed by atoms with van der Waals surface area (Å²) in [5.41, 5.74) is 0. The van der Waals surface area contributed by atoms with Crippen molar-refractivity contribution in [3.05, 3.63) is 18.3 Å². The number of aromatic nitrogens is 1. The number of likely N-dealkylation sites (tertiary alicyclic amines) is 1. The van der Waals surface area contributed by atoms with E-state index in [4.69, 9.17) is 4.74 Å². The number of sulfonamides is 1. The number of pyridine rings is 1. The van der Waals surface area contributed by atoms with Crippen LogP contribution in [0.25, 0.3) is 0 Å². The van der Waals surface area contributed by atoms with Crippen LogP contribution < -0.4 is 9.47 Å². The molecule has 0 N–H and O–H groups in total. The van der Waals surface area contributed by atoms with Gasteiger partial charge >= 0.3 is 12.5 Å². The van der Waals surface area contributed by atoms with E-state index in [0.717, 1.165) is 22.6 Å². The van der Waals surface area contributed by atoms with E-state index in [-0.39, 0.29) is 24.6 Å². The molecule has 30 heavy (non-hydrogen) atoms. The highest BCUT2D eigenvalue weighted by Gasteiger charge is 2.47. The Morgan fingerprint density at radius 3 is 2.57 bits per heavy atom. The van der Waals surface area contributed by atoms with Crippen LogP contribution in [-0.4, -0.2) is 72.4 Å². The lowest BCUT2D eigenvalue weighted by molar-refractivity contribution is -0.276. The van der Waals surface area contributed by atoms with Crippen LogP contribution in [-0.2, 0) is 10.0 Å². The largest absolute Gasteiger partial charge is 0.574 e. The highest BCUT2D eigenvalue weighted by molar-refractivity contribution is 7.89. The van der Waals surface area contributed by atoms with Crippen LogP contribution in [0.3, 0.4) is 0 Å². The molecule has 168 valence electrons. The molecule has 2 aliphatic heterocycles. The Morgan fingerprint density at radius 2 is 1.97 bits per heavy atom. The molecule has 2 saturated heterocycles. The zero-order valence-corrected chi connectivity index (χ0v) is 16.3. The van der Waals surface area contributed by atoms with E-state index in [1.807, 2.05) is 0 Å². The van der Waals surface area contributed by atoms with Crippen molar-refractivity contribution in [1.82, 2.24) is 14.2 Å². The van der Waals surface area contributed by atoms with Crippen molar-refractivity contribution < 1.29 is 44.6 Å². The molecule has 14 heteroatoms. The van der Waals surface area contributed by atoms with Crippen LogP contribution in [0.15, 0.2) is 18.3 Å². The van der Waals surface area contributed by atoms with E-state index in [1.165, 1.54) is 0 Å². The lowest BCUT2D eigenvalue weighted by atomic mass is 10.0. The van der Waals surface area contributed by atoms with E-state index >= 15 is 0 Å². The monoisotopic (exact) mass is 459 g/mol. The van der Waals surface area contributed by atoms with E-state index in [9.17, 15) is 35.2 Å². The maximum absolute atomic E-state index is 14.2. The van der Waals surface area contributed by atoms with Gasteiger partial charge in [-0.15, -0.1) is 13.2 Å². The SMILES string of the molecule is O=C(Oc1ccc(OC(F)(F)F)nc1)N1CC(N2CCCCS2(=O)=O)CC(F)(F)C1. The summed E-state index contributed by atoms with van der Waals surface area (Å²) in [5, 5.41) is 0. The second kappa shape index (κ2) is 8.13. The molecule has 3 rings (SSSR count). The number of hydrogen-bond acceptors (Lipinski definition) is 6. The molecule has 8 nitrogen and oxygen atoms in total. The molecule has 0 radical (unpaired) electrons. The maximum Gasteiger partial charge on any atom is 0.574 e. The molecule has 1 aromatic heterocycles. The van der Waals surface area contributed by atoms with Gasteiger partial charge in [0, 0.05) is 31.6 Å². The summed E-state index contributed by atoms with van der Waals surface area (Å²) in [6.45, 7) is -1.17. The van der Waals surface area contributed by atoms with Gasteiger partial charge in [-0.1, -0.05) is 0 Å². The number of amides is 1. The third kappa shape index (κ3) is 5.68. The second-order valence-corrected chi connectivity index (χ2v) is 9.02. The third-order valence-corrected chi connectivity index (χ3v) is 6.58. The molecule has 0 aliphatic carbocycles.